The van der Waals surface area contributed by atoms with Gasteiger partial charge in [0.2, 0.25) is 0 Å². The molecule has 0 unspecified atom stereocenters. The van der Waals surface area contributed by atoms with Gasteiger partial charge in [-0.15, -0.1) is 0 Å². The summed E-state index contributed by atoms with van der Waals surface area (Å²) in [4.78, 5) is 24.8. The Hall–Kier alpha value is -3.24. The lowest BCUT2D eigenvalue weighted by molar-refractivity contribution is -0.136. The van der Waals surface area contributed by atoms with Gasteiger partial charge in [-0.25, -0.2) is 18.0 Å². The number of aromatic hydroxyl groups is 1. The number of esters is 1. The molecule has 0 radical (unpaired) electrons. The number of ether oxygens (including phenoxy) is 2. The maximum absolute atomic E-state index is 13.0. The van der Waals surface area contributed by atoms with Crippen molar-refractivity contribution >= 4 is 33.4 Å². The molecule has 0 bridgehead atoms. The third-order valence-electron chi connectivity index (χ3n) is 4.60. The van der Waals surface area contributed by atoms with Crippen molar-refractivity contribution < 1.29 is 32.6 Å². The summed E-state index contributed by atoms with van der Waals surface area (Å²) in [5.41, 5.74) is 0.121. The van der Waals surface area contributed by atoms with Gasteiger partial charge in [0.15, 0.2) is 21.3 Å². The highest BCUT2D eigenvalue weighted by Gasteiger charge is 2.36. The lowest BCUT2D eigenvalue weighted by atomic mass is 9.95. The first-order valence-electron chi connectivity index (χ1n) is 8.91. The first-order chi connectivity index (χ1) is 14.7. The van der Waals surface area contributed by atoms with Crippen LogP contribution in [0, 0.1) is 0 Å². The van der Waals surface area contributed by atoms with Crippen LogP contribution >= 0.6 is 11.6 Å². The maximum Gasteiger partial charge on any atom is 0.338 e. The average molecular weight is 467 g/mol. The molecule has 164 valence electrons. The Bertz CT molecular complexity index is 1180. The fourth-order valence-corrected chi connectivity index (χ4v) is 5.07. The molecule has 1 heterocycles. The normalized spacial score (nSPS) is 16.4. The molecule has 11 heteroatoms. The predicted molar refractivity (Wildman–Crippen MR) is 112 cm³/mol. The van der Waals surface area contributed by atoms with Gasteiger partial charge in [0.1, 0.15) is 0 Å². The standard InChI is InChI=1S/C20H19ClN2O7S/c1-29-15-9-11(7-8-14(15)24)18-17(19(25)30-2)13(22-20(26)23-18)10-31(27,28)16-6-4-3-5-12(16)21/h3-9,18,24H,10H2,1-2H3,(H2,22,23,26)/t18-/m1/s1. The third-order valence-corrected chi connectivity index (χ3v) is 6.74. The van der Waals surface area contributed by atoms with E-state index in [9.17, 15) is 23.1 Å². The van der Waals surface area contributed by atoms with E-state index in [2.05, 4.69) is 10.6 Å². The number of rotatable bonds is 6. The van der Waals surface area contributed by atoms with Gasteiger partial charge in [0, 0.05) is 5.70 Å². The second kappa shape index (κ2) is 8.86. The molecule has 9 nitrogen and oxygen atoms in total. The van der Waals surface area contributed by atoms with Crippen LogP contribution in [-0.2, 0) is 19.4 Å². The Morgan fingerprint density at radius 1 is 1.19 bits per heavy atom. The molecule has 0 aliphatic carbocycles. The van der Waals surface area contributed by atoms with E-state index >= 15 is 0 Å². The predicted octanol–water partition coefficient (Wildman–Crippen LogP) is 2.31. The third kappa shape index (κ3) is 4.59. The molecule has 0 saturated heterocycles. The number of phenolic OH excluding ortho intramolecular Hbond substituents is 1. The number of phenols is 1. The molecule has 2 aromatic rings. The van der Waals surface area contributed by atoms with E-state index in [4.69, 9.17) is 21.1 Å². The van der Waals surface area contributed by atoms with E-state index in [1.807, 2.05) is 0 Å². The van der Waals surface area contributed by atoms with Crippen LogP contribution in [0.3, 0.4) is 0 Å². The molecule has 2 amide bonds. The van der Waals surface area contributed by atoms with Crippen molar-refractivity contribution in [1.82, 2.24) is 10.6 Å². The zero-order valence-corrected chi connectivity index (χ0v) is 18.1. The zero-order chi connectivity index (χ0) is 22.8. The van der Waals surface area contributed by atoms with Crippen molar-refractivity contribution in [3.05, 3.63) is 64.3 Å². The number of amides is 2. The Morgan fingerprint density at radius 2 is 1.90 bits per heavy atom. The number of sulfone groups is 1. The number of halogens is 1. The van der Waals surface area contributed by atoms with Gasteiger partial charge in [-0.05, 0) is 29.8 Å². The largest absolute Gasteiger partial charge is 0.504 e. The minimum absolute atomic E-state index is 0.0165. The van der Waals surface area contributed by atoms with Crippen LogP contribution in [0.5, 0.6) is 11.5 Å². The molecule has 2 aromatic carbocycles. The van der Waals surface area contributed by atoms with Crippen molar-refractivity contribution in [2.45, 2.75) is 10.9 Å². The Kier molecular flexibility index (Phi) is 6.42. The van der Waals surface area contributed by atoms with Gasteiger partial charge >= 0.3 is 12.0 Å². The molecule has 3 rings (SSSR count). The van der Waals surface area contributed by atoms with Crippen LogP contribution in [0.4, 0.5) is 4.79 Å². The van der Waals surface area contributed by atoms with Crippen LogP contribution < -0.4 is 15.4 Å². The number of methoxy groups -OCH3 is 2. The molecule has 1 atom stereocenters. The van der Waals surface area contributed by atoms with Crippen molar-refractivity contribution in [3.8, 4) is 11.5 Å². The summed E-state index contributed by atoms with van der Waals surface area (Å²) in [5, 5.41) is 14.8. The molecule has 31 heavy (non-hydrogen) atoms. The number of nitrogens with one attached hydrogen (secondary N) is 2. The van der Waals surface area contributed by atoms with Gasteiger partial charge in [-0.2, -0.15) is 0 Å². The van der Waals surface area contributed by atoms with Gasteiger partial charge in [0.25, 0.3) is 0 Å². The Labute approximate surface area is 183 Å². The van der Waals surface area contributed by atoms with Gasteiger partial charge < -0.3 is 25.2 Å². The highest BCUT2D eigenvalue weighted by molar-refractivity contribution is 7.91. The number of hydrogen-bond donors (Lipinski definition) is 3. The second-order valence-electron chi connectivity index (χ2n) is 6.54. The van der Waals surface area contributed by atoms with Crippen molar-refractivity contribution in [2.24, 2.45) is 0 Å². The first-order valence-corrected chi connectivity index (χ1v) is 10.9. The molecular formula is C20H19ClN2O7S. The fraction of sp³-hybridized carbons (Fsp3) is 0.200. The molecule has 1 aliphatic heterocycles. The Morgan fingerprint density at radius 3 is 2.55 bits per heavy atom. The monoisotopic (exact) mass is 466 g/mol. The fourth-order valence-electron chi connectivity index (χ4n) is 3.17. The van der Waals surface area contributed by atoms with Crippen LogP contribution in [0.1, 0.15) is 11.6 Å². The van der Waals surface area contributed by atoms with Crippen LogP contribution in [0.2, 0.25) is 5.02 Å². The summed E-state index contributed by atoms with van der Waals surface area (Å²) in [6, 6.07) is 8.32. The topological polar surface area (TPSA) is 131 Å². The summed E-state index contributed by atoms with van der Waals surface area (Å²) in [5.74, 6) is -1.56. The highest BCUT2D eigenvalue weighted by Crippen LogP contribution is 2.34. The summed E-state index contributed by atoms with van der Waals surface area (Å²) in [7, 11) is -1.53. The lowest BCUT2D eigenvalue weighted by Crippen LogP contribution is -2.47. The van der Waals surface area contributed by atoms with Gasteiger partial charge in [0.05, 0.1) is 41.5 Å². The van der Waals surface area contributed by atoms with E-state index in [0.29, 0.717) is 5.56 Å². The van der Waals surface area contributed by atoms with Crippen molar-refractivity contribution in [2.75, 3.05) is 20.0 Å². The van der Waals surface area contributed by atoms with E-state index in [0.717, 1.165) is 7.11 Å². The average Bonchev–Trinajstić information content (AvgIpc) is 2.73. The number of carbonyl (C=O) groups is 2. The number of carbonyl (C=O) groups excluding carboxylic acids is 2. The zero-order valence-electron chi connectivity index (χ0n) is 16.5. The highest BCUT2D eigenvalue weighted by atomic mass is 35.5. The van der Waals surface area contributed by atoms with Crippen molar-refractivity contribution in [1.29, 1.82) is 0 Å². The number of urea groups is 1. The summed E-state index contributed by atoms with van der Waals surface area (Å²) in [6.45, 7) is 0. The quantitative estimate of drug-likeness (QED) is 0.556. The first kappa shape index (κ1) is 22.4. The van der Waals surface area contributed by atoms with E-state index in [1.54, 1.807) is 6.07 Å². The van der Waals surface area contributed by atoms with Crippen molar-refractivity contribution in [3.63, 3.8) is 0 Å². The molecule has 1 aliphatic rings. The second-order valence-corrected chi connectivity index (χ2v) is 8.90. The minimum Gasteiger partial charge on any atom is -0.504 e. The molecule has 0 fully saturated rings. The molecule has 0 aromatic heterocycles. The Balaban J connectivity index is 2.14. The van der Waals surface area contributed by atoms with Gasteiger partial charge in [-0.1, -0.05) is 29.8 Å². The summed E-state index contributed by atoms with van der Waals surface area (Å²) in [6.07, 6.45) is 0. The molecule has 3 N–H and O–H groups in total. The van der Waals surface area contributed by atoms with E-state index < -0.39 is 33.6 Å². The van der Waals surface area contributed by atoms with Crippen LogP contribution in [0.15, 0.2) is 58.6 Å². The number of hydrogen-bond acceptors (Lipinski definition) is 7. The summed E-state index contributed by atoms with van der Waals surface area (Å²) >= 11 is 6.03. The van der Waals surface area contributed by atoms with Crippen LogP contribution in [-0.4, -0.2) is 45.5 Å². The molecule has 0 spiro atoms. The van der Waals surface area contributed by atoms with Crippen LogP contribution in [0.25, 0.3) is 0 Å². The van der Waals surface area contributed by atoms with Gasteiger partial charge in [-0.3, -0.25) is 0 Å². The maximum atomic E-state index is 13.0. The molecular weight excluding hydrogens is 448 g/mol. The smallest absolute Gasteiger partial charge is 0.338 e. The van der Waals surface area contributed by atoms with E-state index in [1.165, 1.54) is 43.5 Å². The SMILES string of the molecule is COC(=O)C1=C(CS(=O)(=O)c2ccccc2Cl)NC(=O)N[C@@H]1c1ccc(O)c(OC)c1. The minimum atomic E-state index is -4.02. The number of benzene rings is 2. The lowest BCUT2D eigenvalue weighted by Gasteiger charge is -2.29. The van der Waals surface area contributed by atoms with E-state index in [-0.39, 0.29) is 32.7 Å². The summed E-state index contributed by atoms with van der Waals surface area (Å²) < 4.78 is 35.9. The molecule has 0 saturated carbocycles.